The standard InChI is InChI=1S/C14H21FN2O3.ClH/c1-17(14(18)11-16-7-9-19-2)8-10-20-13-5-3-12(15)4-6-13;/h3-6,16H,7-11H2,1-2H3;1H. The smallest absolute Gasteiger partial charge is 0.236 e. The zero-order chi connectivity index (χ0) is 14.8. The van der Waals surface area contributed by atoms with Gasteiger partial charge >= 0.3 is 0 Å². The highest BCUT2D eigenvalue weighted by atomic mass is 35.5. The fourth-order valence-electron chi connectivity index (χ4n) is 1.46. The molecule has 0 atom stereocenters. The fraction of sp³-hybridized carbons (Fsp3) is 0.500. The molecule has 1 aromatic rings. The third-order valence-corrected chi connectivity index (χ3v) is 2.69. The van der Waals surface area contributed by atoms with Gasteiger partial charge in [-0.1, -0.05) is 0 Å². The predicted molar refractivity (Wildman–Crippen MR) is 81.5 cm³/mol. The van der Waals surface area contributed by atoms with Gasteiger partial charge in [0.25, 0.3) is 0 Å². The second-order valence-corrected chi connectivity index (χ2v) is 4.29. The molecule has 0 aliphatic heterocycles. The molecule has 1 N–H and O–H groups in total. The molecule has 0 unspecified atom stereocenters. The topological polar surface area (TPSA) is 50.8 Å². The van der Waals surface area contributed by atoms with Crippen LogP contribution >= 0.6 is 12.4 Å². The maximum atomic E-state index is 12.7. The van der Waals surface area contributed by atoms with Crippen LogP contribution in [0, 0.1) is 5.82 Å². The Morgan fingerprint density at radius 1 is 1.29 bits per heavy atom. The summed E-state index contributed by atoms with van der Waals surface area (Å²) in [4.78, 5) is 13.3. The van der Waals surface area contributed by atoms with E-state index in [1.54, 1.807) is 31.2 Å². The molecule has 1 rings (SSSR count). The third-order valence-electron chi connectivity index (χ3n) is 2.69. The van der Waals surface area contributed by atoms with Crippen molar-refractivity contribution in [2.24, 2.45) is 0 Å². The van der Waals surface area contributed by atoms with E-state index in [0.29, 0.717) is 32.1 Å². The van der Waals surface area contributed by atoms with Crippen LogP contribution in [0.1, 0.15) is 0 Å². The maximum absolute atomic E-state index is 12.7. The number of nitrogens with one attached hydrogen (secondary N) is 1. The van der Waals surface area contributed by atoms with E-state index < -0.39 is 0 Å². The zero-order valence-corrected chi connectivity index (χ0v) is 13.1. The van der Waals surface area contributed by atoms with Gasteiger partial charge in [-0.2, -0.15) is 0 Å². The highest BCUT2D eigenvalue weighted by Crippen LogP contribution is 2.10. The van der Waals surface area contributed by atoms with Crippen molar-refractivity contribution in [2.45, 2.75) is 0 Å². The first kappa shape index (κ1) is 19.6. The molecule has 21 heavy (non-hydrogen) atoms. The number of likely N-dealkylation sites (N-methyl/N-ethyl adjacent to an activating group) is 1. The number of carbonyl (C=O) groups is 1. The van der Waals surface area contributed by atoms with Crippen LogP contribution in [0.25, 0.3) is 0 Å². The van der Waals surface area contributed by atoms with Gasteiger partial charge < -0.3 is 19.7 Å². The van der Waals surface area contributed by atoms with Crippen LogP contribution in [0.3, 0.4) is 0 Å². The lowest BCUT2D eigenvalue weighted by Crippen LogP contribution is -2.38. The van der Waals surface area contributed by atoms with Crippen molar-refractivity contribution in [2.75, 3.05) is 47.0 Å². The molecule has 1 amide bonds. The summed E-state index contributed by atoms with van der Waals surface area (Å²) in [6.45, 7) is 2.33. The maximum Gasteiger partial charge on any atom is 0.236 e. The Morgan fingerprint density at radius 3 is 2.57 bits per heavy atom. The van der Waals surface area contributed by atoms with Gasteiger partial charge in [0, 0.05) is 20.7 Å². The molecule has 1 aromatic carbocycles. The Kier molecular flexibility index (Phi) is 10.6. The summed E-state index contributed by atoms with van der Waals surface area (Å²) in [5.41, 5.74) is 0. The van der Waals surface area contributed by atoms with Crippen LogP contribution in [0.5, 0.6) is 5.75 Å². The molecule has 0 aromatic heterocycles. The van der Waals surface area contributed by atoms with E-state index in [4.69, 9.17) is 9.47 Å². The molecule has 5 nitrogen and oxygen atoms in total. The first-order chi connectivity index (χ1) is 9.63. The molecule has 0 spiro atoms. The summed E-state index contributed by atoms with van der Waals surface area (Å²) in [5.74, 6) is 0.279. The quantitative estimate of drug-likeness (QED) is 0.697. The van der Waals surface area contributed by atoms with Gasteiger partial charge in [-0.3, -0.25) is 4.79 Å². The molecular weight excluding hydrogens is 299 g/mol. The first-order valence-corrected chi connectivity index (χ1v) is 6.45. The van der Waals surface area contributed by atoms with E-state index in [1.807, 2.05) is 0 Å². The number of rotatable bonds is 9. The molecule has 0 fully saturated rings. The average Bonchev–Trinajstić information content (AvgIpc) is 2.45. The summed E-state index contributed by atoms with van der Waals surface area (Å²) in [6.07, 6.45) is 0. The molecule has 0 saturated carbocycles. The van der Waals surface area contributed by atoms with Crippen LogP contribution in [0.15, 0.2) is 24.3 Å². The summed E-state index contributed by atoms with van der Waals surface area (Å²) < 4.78 is 23.0. The molecule has 0 saturated heterocycles. The molecule has 0 aliphatic rings. The van der Waals surface area contributed by atoms with E-state index >= 15 is 0 Å². The molecular formula is C14H22ClFN2O3. The Morgan fingerprint density at radius 2 is 1.95 bits per heavy atom. The van der Waals surface area contributed by atoms with Crippen LogP contribution in [0.2, 0.25) is 0 Å². The third kappa shape index (κ3) is 8.49. The summed E-state index contributed by atoms with van der Waals surface area (Å²) in [7, 11) is 3.33. The number of benzene rings is 1. The van der Waals surface area contributed by atoms with Gasteiger partial charge in [0.2, 0.25) is 5.91 Å². The van der Waals surface area contributed by atoms with Gasteiger partial charge in [-0.15, -0.1) is 12.4 Å². The van der Waals surface area contributed by atoms with Crippen molar-refractivity contribution >= 4 is 18.3 Å². The number of nitrogens with zero attached hydrogens (tertiary/aromatic N) is 1. The van der Waals surface area contributed by atoms with Crippen LogP contribution < -0.4 is 10.1 Å². The van der Waals surface area contributed by atoms with Gasteiger partial charge in [0.1, 0.15) is 18.2 Å². The average molecular weight is 321 g/mol. The molecule has 0 heterocycles. The van der Waals surface area contributed by atoms with Crippen molar-refractivity contribution in [3.8, 4) is 5.75 Å². The number of methoxy groups -OCH3 is 1. The van der Waals surface area contributed by atoms with Gasteiger partial charge in [0.15, 0.2) is 0 Å². The van der Waals surface area contributed by atoms with E-state index in [2.05, 4.69) is 5.32 Å². The zero-order valence-electron chi connectivity index (χ0n) is 12.3. The van der Waals surface area contributed by atoms with Crippen LogP contribution in [0.4, 0.5) is 4.39 Å². The minimum absolute atomic E-state index is 0. The van der Waals surface area contributed by atoms with Crippen molar-refractivity contribution in [1.82, 2.24) is 10.2 Å². The number of hydrogen-bond acceptors (Lipinski definition) is 4. The number of carbonyl (C=O) groups excluding carboxylic acids is 1. The lowest BCUT2D eigenvalue weighted by atomic mass is 10.3. The molecule has 0 bridgehead atoms. The fourth-order valence-corrected chi connectivity index (χ4v) is 1.46. The van der Waals surface area contributed by atoms with Gasteiger partial charge in [0.05, 0.1) is 19.7 Å². The lowest BCUT2D eigenvalue weighted by molar-refractivity contribution is -0.129. The number of halogens is 2. The number of hydrogen-bond donors (Lipinski definition) is 1. The largest absolute Gasteiger partial charge is 0.492 e. The van der Waals surface area contributed by atoms with E-state index in [9.17, 15) is 9.18 Å². The van der Waals surface area contributed by atoms with Gasteiger partial charge in [-0.25, -0.2) is 4.39 Å². The Labute approximate surface area is 130 Å². The minimum atomic E-state index is -0.299. The molecule has 0 aliphatic carbocycles. The van der Waals surface area contributed by atoms with Crippen LogP contribution in [-0.4, -0.2) is 57.8 Å². The van der Waals surface area contributed by atoms with Crippen LogP contribution in [-0.2, 0) is 9.53 Å². The highest BCUT2D eigenvalue weighted by Gasteiger charge is 2.07. The first-order valence-electron chi connectivity index (χ1n) is 6.45. The second kappa shape index (κ2) is 11.3. The number of amides is 1. The van der Waals surface area contributed by atoms with Crippen molar-refractivity contribution in [3.63, 3.8) is 0 Å². The van der Waals surface area contributed by atoms with E-state index in [1.165, 1.54) is 12.1 Å². The normalized spacial score (nSPS) is 9.86. The number of ether oxygens (including phenoxy) is 2. The van der Waals surface area contributed by atoms with E-state index in [-0.39, 0.29) is 30.7 Å². The Bertz CT molecular complexity index is 404. The second-order valence-electron chi connectivity index (χ2n) is 4.29. The monoisotopic (exact) mass is 320 g/mol. The molecule has 120 valence electrons. The van der Waals surface area contributed by atoms with E-state index in [0.717, 1.165) is 0 Å². The van der Waals surface area contributed by atoms with Crippen molar-refractivity contribution < 1.29 is 18.7 Å². The minimum Gasteiger partial charge on any atom is -0.492 e. The lowest BCUT2D eigenvalue weighted by Gasteiger charge is -2.17. The Hall–Kier alpha value is -1.37. The highest BCUT2D eigenvalue weighted by molar-refractivity contribution is 5.85. The molecule has 0 radical (unpaired) electrons. The molecule has 7 heteroatoms. The summed E-state index contributed by atoms with van der Waals surface area (Å²) >= 11 is 0. The Balaban J connectivity index is 0.00000400. The van der Waals surface area contributed by atoms with Crippen molar-refractivity contribution in [1.29, 1.82) is 0 Å². The summed E-state index contributed by atoms with van der Waals surface area (Å²) in [6, 6.07) is 5.79. The SMILES string of the molecule is COCCNCC(=O)N(C)CCOc1ccc(F)cc1.Cl. The summed E-state index contributed by atoms with van der Waals surface area (Å²) in [5, 5.41) is 2.98. The van der Waals surface area contributed by atoms with Crippen molar-refractivity contribution in [3.05, 3.63) is 30.1 Å². The predicted octanol–water partition coefficient (Wildman–Crippen LogP) is 1.32. The van der Waals surface area contributed by atoms with Gasteiger partial charge in [-0.05, 0) is 24.3 Å².